The average molecular weight is 339 g/mol. The van der Waals surface area contributed by atoms with Crippen LogP contribution in [0, 0.1) is 0 Å². The Morgan fingerprint density at radius 2 is 2.04 bits per heavy atom. The molecule has 0 spiro atoms. The summed E-state index contributed by atoms with van der Waals surface area (Å²) in [6.07, 6.45) is 9.86. The van der Waals surface area contributed by atoms with Gasteiger partial charge in [-0.1, -0.05) is 30.4 Å². The quantitative estimate of drug-likeness (QED) is 0.433. The number of benzene rings is 1. The van der Waals surface area contributed by atoms with Gasteiger partial charge in [-0.3, -0.25) is 0 Å². The first-order chi connectivity index (χ1) is 11.9. The number of anilines is 1. The standard InChI is InChI=1S/C22H29NO2/c1-16(2)23-13-7-10-19-11-12-20(15-21(19)23)18(4)9-6-8-17(3)14-22(24)25-5/h6,8-9,11-12,14-16H,7,10,13H2,1-5H3/b8-6+,17-14+,18-9+. The SMILES string of the molecule is COC(=O)/C=C(C)/C=C/C=C(\C)c1ccc2c(c1)N(C(C)C)CCC2. The first kappa shape index (κ1) is 19.0. The molecule has 0 saturated carbocycles. The van der Waals surface area contributed by atoms with Crippen LogP contribution in [0.5, 0.6) is 0 Å². The molecule has 3 heteroatoms. The number of carbonyl (C=O) groups is 1. The fraction of sp³-hybridized carbons (Fsp3) is 0.409. The molecule has 1 aliphatic heterocycles. The van der Waals surface area contributed by atoms with Gasteiger partial charge in [-0.25, -0.2) is 4.79 Å². The van der Waals surface area contributed by atoms with E-state index >= 15 is 0 Å². The van der Waals surface area contributed by atoms with Crippen LogP contribution in [0.2, 0.25) is 0 Å². The Morgan fingerprint density at radius 1 is 1.28 bits per heavy atom. The number of fused-ring (bicyclic) bond motifs is 1. The van der Waals surface area contributed by atoms with Gasteiger partial charge in [0.15, 0.2) is 0 Å². The van der Waals surface area contributed by atoms with Crippen LogP contribution in [0.15, 0.2) is 48.1 Å². The van der Waals surface area contributed by atoms with Crippen LogP contribution in [0.3, 0.4) is 0 Å². The summed E-state index contributed by atoms with van der Waals surface area (Å²) < 4.78 is 4.63. The van der Waals surface area contributed by atoms with Gasteiger partial charge >= 0.3 is 5.97 Å². The average Bonchev–Trinajstić information content (AvgIpc) is 2.60. The number of hydrogen-bond acceptors (Lipinski definition) is 3. The highest BCUT2D eigenvalue weighted by Crippen LogP contribution is 2.31. The normalized spacial score (nSPS) is 15.7. The van der Waals surface area contributed by atoms with E-state index in [1.165, 1.54) is 48.4 Å². The minimum absolute atomic E-state index is 0.327. The third-order valence-corrected chi connectivity index (χ3v) is 4.57. The molecule has 0 unspecified atom stereocenters. The molecule has 3 nitrogen and oxygen atoms in total. The maximum Gasteiger partial charge on any atom is 0.330 e. The molecule has 1 aromatic carbocycles. The highest BCUT2D eigenvalue weighted by atomic mass is 16.5. The van der Waals surface area contributed by atoms with Gasteiger partial charge in [0.25, 0.3) is 0 Å². The third kappa shape index (κ3) is 5.09. The summed E-state index contributed by atoms with van der Waals surface area (Å²) in [4.78, 5) is 13.7. The maximum atomic E-state index is 11.2. The third-order valence-electron chi connectivity index (χ3n) is 4.57. The molecule has 0 atom stereocenters. The first-order valence-electron chi connectivity index (χ1n) is 8.93. The minimum Gasteiger partial charge on any atom is -0.466 e. The van der Waals surface area contributed by atoms with Crippen molar-refractivity contribution in [3.05, 3.63) is 59.2 Å². The molecule has 0 N–H and O–H groups in total. The second-order valence-electron chi connectivity index (χ2n) is 6.85. The predicted molar refractivity (Wildman–Crippen MR) is 106 cm³/mol. The molecule has 0 radical (unpaired) electrons. The molecule has 25 heavy (non-hydrogen) atoms. The smallest absolute Gasteiger partial charge is 0.330 e. The van der Waals surface area contributed by atoms with Gasteiger partial charge in [0.1, 0.15) is 0 Å². The van der Waals surface area contributed by atoms with Crippen LogP contribution in [0.25, 0.3) is 5.57 Å². The highest BCUT2D eigenvalue weighted by molar-refractivity contribution is 5.83. The number of aryl methyl sites for hydroxylation is 1. The second-order valence-corrected chi connectivity index (χ2v) is 6.85. The van der Waals surface area contributed by atoms with E-state index in [-0.39, 0.29) is 5.97 Å². The number of esters is 1. The van der Waals surface area contributed by atoms with Crippen LogP contribution in [0.4, 0.5) is 5.69 Å². The Balaban J connectivity index is 2.20. The van der Waals surface area contributed by atoms with Crippen molar-refractivity contribution < 1.29 is 9.53 Å². The van der Waals surface area contributed by atoms with E-state index < -0.39 is 0 Å². The van der Waals surface area contributed by atoms with Crippen molar-refractivity contribution in [1.82, 2.24) is 0 Å². The zero-order chi connectivity index (χ0) is 18.4. The molecule has 2 rings (SSSR count). The molecule has 1 aliphatic rings. The largest absolute Gasteiger partial charge is 0.466 e. The highest BCUT2D eigenvalue weighted by Gasteiger charge is 2.19. The number of allylic oxidation sites excluding steroid dienone is 5. The zero-order valence-corrected chi connectivity index (χ0v) is 16.0. The first-order valence-corrected chi connectivity index (χ1v) is 8.93. The van der Waals surface area contributed by atoms with Crippen LogP contribution < -0.4 is 4.90 Å². The summed E-state index contributed by atoms with van der Waals surface area (Å²) in [5, 5.41) is 0. The fourth-order valence-electron chi connectivity index (χ4n) is 3.12. The summed E-state index contributed by atoms with van der Waals surface area (Å²) >= 11 is 0. The summed E-state index contributed by atoms with van der Waals surface area (Å²) in [7, 11) is 1.39. The summed E-state index contributed by atoms with van der Waals surface area (Å²) in [5.74, 6) is -0.327. The van der Waals surface area contributed by atoms with Gasteiger partial charge in [-0.15, -0.1) is 0 Å². The van der Waals surface area contributed by atoms with Gasteiger partial charge in [0.2, 0.25) is 0 Å². The topological polar surface area (TPSA) is 29.5 Å². The van der Waals surface area contributed by atoms with E-state index in [1.54, 1.807) is 0 Å². The Morgan fingerprint density at radius 3 is 2.72 bits per heavy atom. The van der Waals surface area contributed by atoms with Crippen molar-refractivity contribution in [2.75, 3.05) is 18.6 Å². The van der Waals surface area contributed by atoms with Gasteiger partial charge < -0.3 is 9.64 Å². The van der Waals surface area contributed by atoms with Crippen molar-refractivity contribution in [2.24, 2.45) is 0 Å². The van der Waals surface area contributed by atoms with E-state index in [0.717, 1.165) is 12.1 Å². The zero-order valence-electron chi connectivity index (χ0n) is 16.0. The maximum absolute atomic E-state index is 11.2. The van der Waals surface area contributed by atoms with Crippen molar-refractivity contribution in [3.63, 3.8) is 0 Å². The fourth-order valence-corrected chi connectivity index (χ4v) is 3.12. The lowest BCUT2D eigenvalue weighted by atomic mass is 9.96. The lowest BCUT2D eigenvalue weighted by molar-refractivity contribution is -0.134. The van der Waals surface area contributed by atoms with E-state index in [1.807, 2.05) is 19.1 Å². The van der Waals surface area contributed by atoms with E-state index in [4.69, 9.17) is 0 Å². The van der Waals surface area contributed by atoms with Crippen LogP contribution in [-0.4, -0.2) is 25.7 Å². The lowest BCUT2D eigenvalue weighted by Gasteiger charge is -2.35. The Labute approximate surface area is 151 Å². The molecule has 0 saturated heterocycles. The molecule has 1 heterocycles. The Kier molecular flexibility index (Phi) is 6.63. The molecule has 0 fully saturated rings. The van der Waals surface area contributed by atoms with Gasteiger partial charge in [-0.2, -0.15) is 0 Å². The number of ether oxygens (including phenoxy) is 1. The molecule has 1 aromatic rings. The van der Waals surface area contributed by atoms with E-state index in [0.29, 0.717) is 6.04 Å². The van der Waals surface area contributed by atoms with E-state index in [2.05, 4.69) is 54.7 Å². The minimum atomic E-state index is -0.327. The summed E-state index contributed by atoms with van der Waals surface area (Å²) in [6.45, 7) is 9.64. The lowest BCUT2D eigenvalue weighted by Crippen LogP contribution is -2.35. The number of nitrogens with zero attached hydrogens (tertiary/aromatic N) is 1. The Hall–Kier alpha value is -2.29. The monoisotopic (exact) mass is 339 g/mol. The van der Waals surface area contributed by atoms with Gasteiger partial charge in [0, 0.05) is 24.4 Å². The predicted octanol–water partition coefficient (Wildman–Crippen LogP) is 4.93. The van der Waals surface area contributed by atoms with E-state index in [9.17, 15) is 4.79 Å². The van der Waals surface area contributed by atoms with Crippen molar-refractivity contribution in [3.8, 4) is 0 Å². The summed E-state index contributed by atoms with van der Waals surface area (Å²) in [5.41, 5.74) is 6.14. The molecule has 0 aliphatic carbocycles. The Bertz CT molecular complexity index is 711. The summed E-state index contributed by atoms with van der Waals surface area (Å²) in [6, 6.07) is 7.30. The van der Waals surface area contributed by atoms with Gasteiger partial charge in [0.05, 0.1) is 7.11 Å². The van der Waals surface area contributed by atoms with Crippen molar-refractivity contribution in [2.45, 2.75) is 46.6 Å². The second kappa shape index (κ2) is 8.70. The number of rotatable bonds is 5. The van der Waals surface area contributed by atoms with Crippen LogP contribution in [0.1, 0.15) is 45.2 Å². The van der Waals surface area contributed by atoms with Crippen LogP contribution >= 0.6 is 0 Å². The van der Waals surface area contributed by atoms with Crippen molar-refractivity contribution in [1.29, 1.82) is 0 Å². The molecule has 0 aromatic heterocycles. The number of hydrogen-bond donors (Lipinski definition) is 0. The van der Waals surface area contributed by atoms with Crippen LogP contribution in [-0.2, 0) is 16.0 Å². The van der Waals surface area contributed by atoms with Crippen molar-refractivity contribution >= 4 is 17.2 Å². The molecule has 134 valence electrons. The molecular formula is C22H29NO2. The van der Waals surface area contributed by atoms with Gasteiger partial charge in [-0.05, 0) is 68.9 Å². The number of carbonyl (C=O) groups excluding carboxylic acids is 1. The molecular weight excluding hydrogens is 310 g/mol. The molecule has 0 bridgehead atoms. The molecule has 0 amide bonds. The number of methoxy groups -OCH3 is 1.